The number of hydrogen-bond donors (Lipinski definition) is 1. The number of halogens is 1. The second-order valence-electron chi connectivity index (χ2n) is 9.47. The summed E-state index contributed by atoms with van der Waals surface area (Å²) >= 11 is 1.45. The molecule has 1 unspecified atom stereocenters. The van der Waals surface area contributed by atoms with Crippen molar-refractivity contribution in [3.05, 3.63) is 41.8 Å². The zero-order chi connectivity index (χ0) is 24.3. The largest absolute Gasteiger partial charge is 0.408 e. The van der Waals surface area contributed by atoms with Crippen LogP contribution in [0, 0.1) is 11.8 Å². The average Bonchev–Trinajstić information content (AvgIpc) is 3.32. The van der Waals surface area contributed by atoms with Gasteiger partial charge in [0.1, 0.15) is 0 Å². The number of Topliss-reactive ketones (excluding diaryl/α,β-unsaturated/α-hetero) is 1. The monoisotopic (exact) mass is 522 g/mol. The summed E-state index contributed by atoms with van der Waals surface area (Å²) in [7, 11) is 0. The summed E-state index contributed by atoms with van der Waals surface area (Å²) in [5, 5.41) is 11.4. The number of hydrogen-bond acceptors (Lipinski definition) is 7. The number of carbonyl (C=O) groups excluding carboxylic acids is 2. The number of rotatable bonds is 13. The lowest BCUT2D eigenvalue weighted by Gasteiger charge is -2.24. The minimum Gasteiger partial charge on any atom is -0.408 e. The Labute approximate surface area is 219 Å². The molecule has 0 aliphatic heterocycles. The van der Waals surface area contributed by atoms with Crippen LogP contribution < -0.4 is 5.32 Å². The lowest BCUT2D eigenvalue weighted by atomic mass is 9.88. The number of aromatic nitrogens is 2. The Hall–Kier alpha value is -1.90. The van der Waals surface area contributed by atoms with Crippen LogP contribution in [0.25, 0.3) is 0 Å². The van der Waals surface area contributed by atoms with Crippen molar-refractivity contribution < 1.29 is 14.0 Å². The molecule has 0 bridgehead atoms. The molecule has 1 amide bonds. The van der Waals surface area contributed by atoms with E-state index in [1.165, 1.54) is 23.7 Å². The van der Waals surface area contributed by atoms with Gasteiger partial charge < -0.3 is 9.73 Å². The standard InChI is InChI=1S/C26H38N4O3S.ClH/c1-4-30(18-20-11-7-5-8-12-20)15-16-34-26-29-28-25(33-26)23(31)22(17-19(2)3)27-24(32)21-13-9-6-10-14-21;/h5,7-8,11-12,19,21-22H,4,6,9-10,13-18H2,1-3H3,(H,27,32);1H. The molecule has 3 rings (SSSR count). The summed E-state index contributed by atoms with van der Waals surface area (Å²) in [6.07, 6.45) is 5.68. The van der Waals surface area contributed by atoms with Crippen LogP contribution in [0.1, 0.15) is 75.5 Å². The van der Waals surface area contributed by atoms with E-state index in [2.05, 4.69) is 51.6 Å². The van der Waals surface area contributed by atoms with Gasteiger partial charge in [0.25, 0.3) is 11.1 Å². The molecule has 1 atom stereocenters. The SMILES string of the molecule is CCN(CCSc1nnc(C(=O)C(CC(C)C)NC(=O)C2CCCCC2)o1)Cc1ccccc1.Cl. The van der Waals surface area contributed by atoms with E-state index in [0.29, 0.717) is 11.6 Å². The van der Waals surface area contributed by atoms with Gasteiger partial charge in [-0.1, -0.05) is 82.1 Å². The van der Waals surface area contributed by atoms with Crippen LogP contribution in [0.3, 0.4) is 0 Å². The van der Waals surface area contributed by atoms with Crippen molar-refractivity contribution in [2.24, 2.45) is 11.8 Å². The van der Waals surface area contributed by atoms with Crippen LogP contribution >= 0.6 is 24.2 Å². The fraction of sp³-hybridized carbons (Fsp3) is 0.615. The highest BCUT2D eigenvalue weighted by Gasteiger charge is 2.30. The van der Waals surface area contributed by atoms with E-state index in [1.54, 1.807) is 0 Å². The lowest BCUT2D eigenvalue weighted by Crippen LogP contribution is -2.45. The summed E-state index contributed by atoms with van der Waals surface area (Å²) in [6.45, 7) is 8.93. The lowest BCUT2D eigenvalue weighted by molar-refractivity contribution is -0.126. The van der Waals surface area contributed by atoms with Crippen molar-refractivity contribution in [1.82, 2.24) is 20.4 Å². The van der Waals surface area contributed by atoms with E-state index < -0.39 is 6.04 Å². The van der Waals surface area contributed by atoms with Crippen LogP contribution in [-0.2, 0) is 11.3 Å². The smallest absolute Gasteiger partial charge is 0.286 e. The molecule has 35 heavy (non-hydrogen) atoms. The fourth-order valence-corrected chi connectivity index (χ4v) is 5.09. The van der Waals surface area contributed by atoms with Gasteiger partial charge >= 0.3 is 0 Å². The van der Waals surface area contributed by atoms with Crippen molar-refractivity contribution in [3.8, 4) is 0 Å². The van der Waals surface area contributed by atoms with Crippen LogP contribution in [0.15, 0.2) is 40.0 Å². The molecule has 1 aromatic carbocycles. The van der Waals surface area contributed by atoms with Gasteiger partial charge in [-0.25, -0.2) is 0 Å². The highest BCUT2D eigenvalue weighted by molar-refractivity contribution is 7.99. The Morgan fingerprint density at radius 3 is 2.51 bits per heavy atom. The third-order valence-electron chi connectivity index (χ3n) is 6.26. The molecule has 1 aliphatic rings. The van der Waals surface area contributed by atoms with Gasteiger partial charge in [-0.2, -0.15) is 0 Å². The van der Waals surface area contributed by atoms with Crippen LogP contribution in [-0.4, -0.2) is 51.7 Å². The molecule has 0 spiro atoms. The number of nitrogens with one attached hydrogen (secondary N) is 1. The number of nitrogens with zero attached hydrogens (tertiary/aromatic N) is 3. The van der Waals surface area contributed by atoms with E-state index >= 15 is 0 Å². The van der Waals surface area contributed by atoms with Gasteiger partial charge in [0.15, 0.2) is 0 Å². The molecule has 0 radical (unpaired) electrons. The Morgan fingerprint density at radius 2 is 1.86 bits per heavy atom. The molecule has 1 aliphatic carbocycles. The molecule has 1 fully saturated rings. The number of thioether (sulfide) groups is 1. The zero-order valence-corrected chi connectivity index (χ0v) is 22.7. The van der Waals surface area contributed by atoms with Gasteiger partial charge in [0.2, 0.25) is 11.7 Å². The Bertz CT molecular complexity index is 903. The van der Waals surface area contributed by atoms with Crippen LogP contribution in [0.4, 0.5) is 0 Å². The highest BCUT2D eigenvalue weighted by Crippen LogP contribution is 2.24. The molecule has 1 N–H and O–H groups in total. The van der Waals surface area contributed by atoms with Crippen molar-refractivity contribution in [2.75, 3.05) is 18.8 Å². The Kier molecular flexibility index (Phi) is 12.8. The molecule has 1 heterocycles. The summed E-state index contributed by atoms with van der Waals surface area (Å²) in [5.41, 5.74) is 1.28. The van der Waals surface area contributed by atoms with Gasteiger partial charge in [-0.3, -0.25) is 14.5 Å². The average molecular weight is 523 g/mol. The zero-order valence-electron chi connectivity index (χ0n) is 21.1. The topological polar surface area (TPSA) is 88.3 Å². The van der Waals surface area contributed by atoms with Crippen molar-refractivity contribution in [3.63, 3.8) is 0 Å². The third-order valence-corrected chi connectivity index (χ3v) is 7.06. The van der Waals surface area contributed by atoms with Crippen LogP contribution in [0.2, 0.25) is 0 Å². The van der Waals surface area contributed by atoms with E-state index in [1.807, 2.05) is 19.9 Å². The van der Waals surface area contributed by atoms with Crippen LogP contribution in [0.5, 0.6) is 0 Å². The summed E-state index contributed by atoms with van der Waals surface area (Å²) in [6, 6.07) is 9.77. The maximum absolute atomic E-state index is 13.1. The maximum Gasteiger partial charge on any atom is 0.286 e. The second-order valence-corrected chi connectivity index (χ2v) is 10.5. The predicted molar refractivity (Wildman–Crippen MR) is 142 cm³/mol. The molecule has 1 saturated carbocycles. The highest BCUT2D eigenvalue weighted by atomic mass is 35.5. The minimum absolute atomic E-state index is 0. The molecule has 9 heteroatoms. The number of amides is 1. The van der Waals surface area contributed by atoms with E-state index in [-0.39, 0.29) is 41.8 Å². The van der Waals surface area contributed by atoms with Gasteiger partial charge in [0, 0.05) is 24.8 Å². The van der Waals surface area contributed by atoms with E-state index in [9.17, 15) is 9.59 Å². The summed E-state index contributed by atoms with van der Waals surface area (Å²) in [4.78, 5) is 28.2. The third kappa shape index (κ3) is 9.58. The maximum atomic E-state index is 13.1. The minimum atomic E-state index is -0.630. The number of carbonyl (C=O) groups is 2. The van der Waals surface area contributed by atoms with Gasteiger partial charge in [-0.15, -0.1) is 22.6 Å². The number of benzene rings is 1. The molecular weight excluding hydrogens is 484 g/mol. The summed E-state index contributed by atoms with van der Waals surface area (Å²) in [5.74, 6) is 0.699. The first kappa shape index (κ1) is 29.3. The Balaban J connectivity index is 0.00000432. The molecular formula is C26H39ClN4O3S. The van der Waals surface area contributed by atoms with Gasteiger partial charge in [-0.05, 0) is 37.3 Å². The quantitative estimate of drug-likeness (QED) is 0.278. The van der Waals surface area contributed by atoms with Crippen molar-refractivity contribution >= 4 is 35.9 Å². The predicted octanol–water partition coefficient (Wildman–Crippen LogP) is 5.40. The van der Waals surface area contributed by atoms with Gasteiger partial charge in [0.05, 0.1) is 6.04 Å². The second kappa shape index (κ2) is 15.3. The normalized spacial score (nSPS) is 15.1. The van der Waals surface area contributed by atoms with Crippen molar-refractivity contribution in [2.45, 2.75) is 77.1 Å². The first-order chi connectivity index (χ1) is 16.5. The Morgan fingerprint density at radius 1 is 1.14 bits per heavy atom. The van der Waals surface area contributed by atoms with E-state index in [4.69, 9.17) is 4.42 Å². The fourth-order valence-electron chi connectivity index (χ4n) is 4.33. The molecule has 194 valence electrons. The van der Waals surface area contributed by atoms with Crippen molar-refractivity contribution in [1.29, 1.82) is 0 Å². The first-order valence-corrected chi connectivity index (χ1v) is 13.5. The molecule has 0 saturated heterocycles. The van der Waals surface area contributed by atoms with E-state index in [0.717, 1.165) is 51.1 Å². The molecule has 7 nitrogen and oxygen atoms in total. The molecule has 2 aromatic rings. The first-order valence-electron chi connectivity index (χ1n) is 12.5. The summed E-state index contributed by atoms with van der Waals surface area (Å²) < 4.78 is 5.69. The number of ketones is 1. The molecule has 1 aromatic heterocycles.